The van der Waals surface area contributed by atoms with Crippen molar-refractivity contribution < 1.29 is 9.13 Å². The molecule has 1 heterocycles. The molecule has 1 unspecified atom stereocenters. The third-order valence-corrected chi connectivity index (χ3v) is 7.17. The van der Waals surface area contributed by atoms with E-state index in [1.54, 1.807) is 10.7 Å². The third kappa shape index (κ3) is 3.58. The number of ether oxygens (including phenoxy) is 1. The van der Waals surface area contributed by atoms with Crippen LogP contribution in [-0.2, 0) is 13.5 Å². The molecule has 34 heavy (non-hydrogen) atoms. The predicted molar refractivity (Wildman–Crippen MR) is 129 cm³/mol. The topological polar surface area (TPSA) is 52.8 Å². The molecule has 5 nitrogen and oxygen atoms in total. The second-order valence-electron chi connectivity index (χ2n) is 9.59. The monoisotopic (exact) mass is 454 g/mol. The Labute approximate surface area is 198 Å². The summed E-state index contributed by atoms with van der Waals surface area (Å²) in [6.45, 7) is 4.19. The summed E-state index contributed by atoms with van der Waals surface area (Å²) in [6, 6.07) is 16.1. The van der Waals surface area contributed by atoms with Crippen molar-refractivity contribution in [2.45, 2.75) is 51.6 Å². The quantitative estimate of drug-likeness (QED) is 0.358. The molecule has 0 radical (unpaired) electrons. The first-order chi connectivity index (χ1) is 16.5. The normalized spacial score (nSPS) is 17.1. The van der Waals surface area contributed by atoms with Gasteiger partial charge >= 0.3 is 0 Å². The van der Waals surface area contributed by atoms with Gasteiger partial charge in [0, 0.05) is 18.2 Å². The molecule has 0 amide bonds. The summed E-state index contributed by atoms with van der Waals surface area (Å²) in [6.07, 6.45) is 3.85. The molecule has 1 aromatic heterocycles. The molecule has 172 valence electrons. The molecule has 2 aliphatic carbocycles. The zero-order valence-electron chi connectivity index (χ0n) is 19.7. The lowest BCUT2D eigenvalue weighted by atomic mass is 9.89. The Morgan fingerprint density at radius 1 is 0.971 bits per heavy atom. The molecule has 0 saturated heterocycles. The summed E-state index contributed by atoms with van der Waals surface area (Å²) in [5.74, 6) is 2.06. The van der Waals surface area contributed by atoms with Crippen LogP contribution in [0, 0.1) is 19.7 Å². The van der Waals surface area contributed by atoms with Crippen LogP contribution in [0.1, 0.15) is 59.1 Å². The van der Waals surface area contributed by atoms with Gasteiger partial charge in [0.25, 0.3) is 0 Å². The standard InChI is InChI=1S/C28H27FN4O/c1-16-14-20(28-30-31-32-33(28)3)15-17(2)26(16)22-10-12-24(29)27-23(22)11-13-25(27)34-21-8-6-19(7-9-21)18-4-5-18/h6-10,12,14-15,18,25H,4-5,11,13H2,1-3H3. The Morgan fingerprint density at radius 3 is 2.35 bits per heavy atom. The maximum atomic E-state index is 15.1. The third-order valence-electron chi connectivity index (χ3n) is 7.17. The smallest absolute Gasteiger partial charge is 0.181 e. The van der Waals surface area contributed by atoms with Crippen LogP contribution >= 0.6 is 0 Å². The second-order valence-corrected chi connectivity index (χ2v) is 9.59. The maximum absolute atomic E-state index is 15.1. The molecular formula is C28H27FN4O. The SMILES string of the molecule is Cc1cc(-c2nnnn2C)cc(C)c1-c1ccc(F)c2c1CCC2Oc1ccc(C2CC2)cc1. The number of aryl methyl sites for hydroxylation is 3. The first-order valence-corrected chi connectivity index (χ1v) is 11.9. The van der Waals surface area contributed by atoms with Gasteiger partial charge in [-0.05, 0) is 120 Å². The molecular weight excluding hydrogens is 427 g/mol. The number of rotatable bonds is 5. The summed E-state index contributed by atoms with van der Waals surface area (Å²) in [4.78, 5) is 0. The van der Waals surface area contributed by atoms with Crippen LogP contribution in [0.5, 0.6) is 5.75 Å². The van der Waals surface area contributed by atoms with Crippen LogP contribution in [0.3, 0.4) is 0 Å². The van der Waals surface area contributed by atoms with Gasteiger partial charge in [0.15, 0.2) is 5.82 Å². The van der Waals surface area contributed by atoms with Crippen LogP contribution in [0.2, 0.25) is 0 Å². The van der Waals surface area contributed by atoms with E-state index in [4.69, 9.17) is 4.74 Å². The molecule has 0 bridgehead atoms. The van der Waals surface area contributed by atoms with E-state index in [0.29, 0.717) is 11.5 Å². The second kappa shape index (κ2) is 8.05. The molecule has 0 N–H and O–H groups in total. The molecule has 0 spiro atoms. The van der Waals surface area contributed by atoms with Gasteiger partial charge in [-0.1, -0.05) is 18.2 Å². The van der Waals surface area contributed by atoms with Crippen molar-refractivity contribution in [3.05, 3.63) is 82.2 Å². The Hall–Kier alpha value is -3.54. The van der Waals surface area contributed by atoms with Crippen LogP contribution in [0.4, 0.5) is 4.39 Å². The summed E-state index contributed by atoms with van der Waals surface area (Å²) in [7, 11) is 1.83. The zero-order valence-corrected chi connectivity index (χ0v) is 19.7. The lowest BCUT2D eigenvalue weighted by Gasteiger charge is -2.19. The summed E-state index contributed by atoms with van der Waals surface area (Å²) in [5, 5.41) is 11.9. The minimum Gasteiger partial charge on any atom is -0.486 e. The first kappa shape index (κ1) is 21.0. The van der Waals surface area contributed by atoms with Gasteiger partial charge in [0.1, 0.15) is 17.7 Å². The number of aromatic nitrogens is 4. The van der Waals surface area contributed by atoms with Crippen molar-refractivity contribution in [2.24, 2.45) is 7.05 Å². The molecule has 2 aliphatic rings. The van der Waals surface area contributed by atoms with E-state index < -0.39 is 0 Å². The maximum Gasteiger partial charge on any atom is 0.181 e. The number of nitrogens with zero attached hydrogens (tertiary/aromatic N) is 4. The summed E-state index contributed by atoms with van der Waals surface area (Å²) < 4.78 is 23.1. The number of hydrogen-bond donors (Lipinski definition) is 0. The molecule has 6 heteroatoms. The molecule has 6 rings (SSSR count). The van der Waals surface area contributed by atoms with E-state index in [2.05, 4.69) is 53.6 Å². The molecule has 0 aliphatic heterocycles. The van der Waals surface area contributed by atoms with Crippen LogP contribution in [0.15, 0.2) is 48.5 Å². The van der Waals surface area contributed by atoms with E-state index in [-0.39, 0.29) is 11.9 Å². The highest BCUT2D eigenvalue weighted by atomic mass is 19.1. The Kier molecular flexibility index (Phi) is 4.97. The number of tetrazole rings is 1. The van der Waals surface area contributed by atoms with Crippen molar-refractivity contribution in [2.75, 3.05) is 0 Å². The van der Waals surface area contributed by atoms with Crippen LogP contribution in [0.25, 0.3) is 22.5 Å². The molecule has 3 aromatic carbocycles. The van der Waals surface area contributed by atoms with E-state index in [9.17, 15) is 0 Å². The van der Waals surface area contributed by atoms with Crippen LogP contribution < -0.4 is 4.74 Å². The number of benzene rings is 3. The predicted octanol–water partition coefficient (Wildman–Crippen LogP) is 6.24. The van der Waals surface area contributed by atoms with E-state index in [1.165, 1.54) is 18.4 Å². The van der Waals surface area contributed by atoms with Gasteiger partial charge in [0.05, 0.1) is 0 Å². The lowest BCUT2D eigenvalue weighted by molar-refractivity contribution is 0.203. The minimum atomic E-state index is -0.272. The molecule has 4 aromatic rings. The minimum absolute atomic E-state index is 0.187. The average molecular weight is 455 g/mol. The highest BCUT2D eigenvalue weighted by molar-refractivity contribution is 5.78. The average Bonchev–Trinajstić information content (AvgIpc) is 3.44. The largest absolute Gasteiger partial charge is 0.486 e. The van der Waals surface area contributed by atoms with E-state index >= 15 is 4.39 Å². The highest BCUT2D eigenvalue weighted by Crippen LogP contribution is 2.44. The van der Waals surface area contributed by atoms with Crippen molar-refractivity contribution in [3.8, 4) is 28.3 Å². The van der Waals surface area contributed by atoms with Gasteiger partial charge in [-0.25, -0.2) is 9.07 Å². The number of hydrogen-bond acceptors (Lipinski definition) is 4. The zero-order chi connectivity index (χ0) is 23.4. The Bertz CT molecular complexity index is 1370. The van der Waals surface area contributed by atoms with Crippen LogP contribution in [-0.4, -0.2) is 20.2 Å². The Morgan fingerprint density at radius 2 is 1.71 bits per heavy atom. The fraction of sp³-hybridized carbons (Fsp3) is 0.321. The highest BCUT2D eigenvalue weighted by Gasteiger charge is 2.31. The molecule has 1 saturated carbocycles. The van der Waals surface area contributed by atoms with Gasteiger partial charge in [-0.2, -0.15) is 0 Å². The summed E-state index contributed by atoms with van der Waals surface area (Å²) >= 11 is 0. The van der Waals surface area contributed by atoms with Crippen molar-refractivity contribution in [1.82, 2.24) is 20.2 Å². The first-order valence-electron chi connectivity index (χ1n) is 11.9. The van der Waals surface area contributed by atoms with Crippen molar-refractivity contribution in [1.29, 1.82) is 0 Å². The van der Waals surface area contributed by atoms with E-state index in [0.717, 1.165) is 57.8 Å². The fourth-order valence-electron chi connectivity index (χ4n) is 5.42. The summed E-state index contributed by atoms with van der Waals surface area (Å²) in [5.41, 5.74) is 8.57. The van der Waals surface area contributed by atoms with Gasteiger partial charge in [-0.3, -0.25) is 0 Å². The Balaban J connectivity index is 1.35. The number of halogens is 1. The van der Waals surface area contributed by atoms with E-state index in [1.807, 2.05) is 25.2 Å². The molecule has 1 fully saturated rings. The molecule has 1 atom stereocenters. The van der Waals surface area contributed by atoms with Gasteiger partial charge in [-0.15, -0.1) is 5.10 Å². The van der Waals surface area contributed by atoms with Gasteiger partial charge < -0.3 is 4.74 Å². The van der Waals surface area contributed by atoms with Crippen molar-refractivity contribution in [3.63, 3.8) is 0 Å². The van der Waals surface area contributed by atoms with Crippen molar-refractivity contribution >= 4 is 0 Å². The number of fused-ring (bicyclic) bond motifs is 1. The lowest BCUT2D eigenvalue weighted by Crippen LogP contribution is -2.06. The fourth-order valence-corrected chi connectivity index (χ4v) is 5.42. The van der Waals surface area contributed by atoms with Gasteiger partial charge in [0.2, 0.25) is 0 Å².